The molecule has 2 atom stereocenters. The van der Waals surface area contributed by atoms with E-state index in [1.165, 1.54) is 17.5 Å². The van der Waals surface area contributed by atoms with Crippen LogP contribution in [0.5, 0.6) is 10.9 Å². The molecule has 2 aliphatic heterocycles. The number of benzene rings is 1. The number of nitrogens with zero attached hydrogens (tertiary/aromatic N) is 6. The topological polar surface area (TPSA) is 97.5 Å². The highest BCUT2D eigenvalue weighted by atomic mass is 32.1. The Kier molecular flexibility index (Phi) is 4.74. The first-order chi connectivity index (χ1) is 17.2. The number of amides is 1. The fraction of sp³-hybridized carbons (Fsp3) is 0.240. The van der Waals surface area contributed by atoms with Gasteiger partial charge >= 0.3 is 0 Å². The molecule has 6 heterocycles. The molecular weight excluding hydrogens is 464 g/mol. The van der Waals surface area contributed by atoms with E-state index in [2.05, 4.69) is 24.8 Å². The van der Waals surface area contributed by atoms with Crippen molar-refractivity contribution in [2.75, 3.05) is 13.1 Å². The third kappa shape index (κ3) is 3.62. The summed E-state index contributed by atoms with van der Waals surface area (Å²) in [5.74, 6) is 0.645. The molecule has 0 spiro atoms. The number of ether oxygens (including phenoxy) is 1. The van der Waals surface area contributed by atoms with Gasteiger partial charge in [-0.3, -0.25) is 14.7 Å². The second-order valence-electron chi connectivity index (χ2n) is 8.85. The second-order valence-corrected chi connectivity index (χ2v) is 9.84. The second kappa shape index (κ2) is 8.10. The van der Waals surface area contributed by atoms with Gasteiger partial charge in [-0.1, -0.05) is 11.3 Å². The summed E-state index contributed by atoms with van der Waals surface area (Å²) >= 11 is 1.46. The van der Waals surface area contributed by atoms with Crippen molar-refractivity contribution in [3.8, 4) is 10.9 Å². The van der Waals surface area contributed by atoms with Crippen molar-refractivity contribution in [1.29, 1.82) is 0 Å². The Labute approximate surface area is 204 Å². The quantitative estimate of drug-likeness (QED) is 0.368. The van der Waals surface area contributed by atoms with Crippen molar-refractivity contribution in [3.05, 3.63) is 72.6 Å². The molecular formula is C25H20N6O3S. The fourth-order valence-corrected chi connectivity index (χ4v) is 5.90. The van der Waals surface area contributed by atoms with Crippen molar-refractivity contribution in [1.82, 2.24) is 29.7 Å². The Hall–Kier alpha value is -3.89. The van der Waals surface area contributed by atoms with Gasteiger partial charge in [0.15, 0.2) is 5.65 Å². The van der Waals surface area contributed by atoms with Crippen LogP contribution in [-0.4, -0.2) is 60.8 Å². The summed E-state index contributed by atoms with van der Waals surface area (Å²) in [5, 5.41) is 1.62. The van der Waals surface area contributed by atoms with Crippen molar-refractivity contribution in [2.24, 2.45) is 0 Å². The van der Waals surface area contributed by atoms with Crippen LogP contribution < -0.4 is 4.74 Å². The highest BCUT2D eigenvalue weighted by Gasteiger charge is 2.45. The van der Waals surface area contributed by atoms with Crippen LogP contribution in [0.3, 0.4) is 0 Å². The van der Waals surface area contributed by atoms with Crippen molar-refractivity contribution >= 4 is 38.6 Å². The Morgan fingerprint density at radius 1 is 1.14 bits per heavy atom. The van der Waals surface area contributed by atoms with E-state index < -0.39 is 0 Å². The predicted molar refractivity (Wildman–Crippen MR) is 129 cm³/mol. The third-order valence-electron chi connectivity index (χ3n) is 6.75. The molecule has 0 aliphatic carbocycles. The molecule has 2 saturated heterocycles. The summed E-state index contributed by atoms with van der Waals surface area (Å²) in [6.07, 6.45) is 9.21. The van der Waals surface area contributed by atoms with Crippen molar-refractivity contribution in [3.63, 3.8) is 0 Å². The lowest BCUT2D eigenvalue weighted by Crippen LogP contribution is -2.48. The minimum Gasteiger partial charge on any atom is -0.464 e. The molecule has 2 fully saturated rings. The number of fused-ring (bicyclic) bond motifs is 4. The van der Waals surface area contributed by atoms with Gasteiger partial charge in [0.1, 0.15) is 17.0 Å². The summed E-state index contributed by atoms with van der Waals surface area (Å²) in [7, 11) is 0. The molecule has 7 rings (SSSR count). The first kappa shape index (κ1) is 20.5. The first-order valence-corrected chi connectivity index (χ1v) is 12.2. The maximum Gasteiger partial charge on any atom is 0.281 e. The average Bonchev–Trinajstić information content (AvgIpc) is 3.67. The molecule has 10 heteroatoms. The van der Waals surface area contributed by atoms with Crippen LogP contribution in [0.2, 0.25) is 0 Å². The molecule has 1 amide bonds. The number of aromatic nitrogens is 4. The number of rotatable bonds is 5. The van der Waals surface area contributed by atoms with E-state index in [4.69, 9.17) is 9.15 Å². The van der Waals surface area contributed by atoms with Gasteiger partial charge in [0.25, 0.3) is 11.1 Å². The number of hydrogen-bond acceptors (Lipinski definition) is 9. The zero-order chi connectivity index (χ0) is 23.4. The van der Waals surface area contributed by atoms with E-state index in [-0.39, 0.29) is 11.9 Å². The number of furan rings is 1. The Balaban J connectivity index is 1.04. The summed E-state index contributed by atoms with van der Waals surface area (Å²) in [4.78, 5) is 34.1. The SMILES string of the molecule is O=C(c1cnccn1)N1C[C@@H]2C[C@H]1CN2Cc1coc2cc(Oc3nc4ncccc4s3)ccc12. The standard InChI is InChI=1S/C25H20N6O3S/c32-24(20-10-26-6-7-27-20)31-13-16-8-17(31)12-30(16)11-15-14-33-21-9-18(3-4-19(15)21)34-25-29-23-22(35-25)2-1-5-28-23/h1-7,9-10,14,16-17H,8,11-13H2/t16-,17-/m0/s1. The highest BCUT2D eigenvalue weighted by molar-refractivity contribution is 7.20. The number of carbonyl (C=O) groups is 1. The van der Waals surface area contributed by atoms with Crippen LogP contribution in [0.1, 0.15) is 22.5 Å². The molecule has 5 aromatic rings. The largest absolute Gasteiger partial charge is 0.464 e. The minimum atomic E-state index is -0.0320. The van der Waals surface area contributed by atoms with E-state index in [0.29, 0.717) is 34.9 Å². The van der Waals surface area contributed by atoms with Gasteiger partial charge in [0.2, 0.25) is 0 Å². The minimum absolute atomic E-state index is 0.0320. The first-order valence-electron chi connectivity index (χ1n) is 11.4. The van der Waals surface area contributed by atoms with Crippen LogP contribution >= 0.6 is 11.3 Å². The molecule has 2 bridgehead atoms. The van der Waals surface area contributed by atoms with Gasteiger partial charge in [0, 0.05) is 67.3 Å². The van der Waals surface area contributed by atoms with Gasteiger partial charge < -0.3 is 14.1 Å². The Bertz CT molecular complexity index is 1520. The molecule has 0 saturated carbocycles. The maximum atomic E-state index is 12.8. The molecule has 0 radical (unpaired) electrons. The summed E-state index contributed by atoms with van der Waals surface area (Å²) in [5.41, 5.74) is 3.01. The van der Waals surface area contributed by atoms with Crippen LogP contribution in [0.25, 0.3) is 21.3 Å². The number of pyridine rings is 1. The Morgan fingerprint density at radius 2 is 2.11 bits per heavy atom. The smallest absolute Gasteiger partial charge is 0.281 e. The third-order valence-corrected chi connectivity index (χ3v) is 7.64. The Morgan fingerprint density at radius 3 is 2.94 bits per heavy atom. The molecule has 1 aromatic carbocycles. The summed E-state index contributed by atoms with van der Waals surface area (Å²) in [6, 6.07) is 10.3. The van der Waals surface area contributed by atoms with Gasteiger partial charge in [-0.2, -0.15) is 4.98 Å². The maximum absolute atomic E-state index is 12.8. The van der Waals surface area contributed by atoms with Gasteiger partial charge in [0.05, 0.1) is 17.2 Å². The molecule has 0 unspecified atom stereocenters. The van der Waals surface area contributed by atoms with E-state index in [1.54, 1.807) is 18.6 Å². The molecule has 2 aliphatic rings. The van der Waals surface area contributed by atoms with Gasteiger partial charge in [-0.15, -0.1) is 0 Å². The number of thiazole rings is 1. The lowest BCUT2D eigenvalue weighted by atomic mass is 10.1. The molecule has 4 aromatic heterocycles. The summed E-state index contributed by atoms with van der Waals surface area (Å²) < 4.78 is 12.8. The number of hydrogen-bond donors (Lipinski definition) is 0. The molecule has 35 heavy (non-hydrogen) atoms. The van der Waals surface area contributed by atoms with Crippen molar-refractivity contribution in [2.45, 2.75) is 25.0 Å². The lowest BCUT2D eigenvalue weighted by molar-refractivity contribution is 0.0610. The molecule has 9 nitrogen and oxygen atoms in total. The zero-order valence-corrected chi connectivity index (χ0v) is 19.4. The van der Waals surface area contributed by atoms with Crippen LogP contribution in [0, 0.1) is 0 Å². The normalized spacial score (nSPS) is 19.7. The van der Waals surface area contributed by atoms with E-state index in [1.807, 2.05) is 41.5 Å². The van der Waals surface area contributed by atoms with E-state index in [0.717, 1.165) is 40.7 Å². The predicted octanol–water partition coefficient (Wildman–Crippen LogP) is 4.12. The van der Waals surface area contributed by atoms with Crippen LogP contribution in [-0.2, 0) is 6.54 Å². The lowest BCUT2D eigenvalue weighted by Gasteiger charge is -2.33. The van der Waals surface area contributed by atoms with Crippen LogP contribution in [0.15, 0.2) is 65.8 Å². The van der Waals surface area contributed by atoms with Crippen LogP contribution in [0.4, 0.5) is 0 Å². The molecule has 174 valence electrons. The number of likely N-dealkylation sites (tertiary alicyclic amines) is 2. The highest BCUT2D eigenvalue weighted by Crippen LogP contribution is 2.36. The number of carbonyl (C=O) groups excluding carboxylic acids is 1. The monoisotopic (exact) mass is 484 g/mol. The fourth-order valence-electron chi connectivity index (χ4n) is 5.11. The van der Waals surface area contributed by atoms with E-state index >= 15 is 0 Å². The summed E-state index contributed by atoms with van der Waals surface area (Å²) in [6.45, 7) is 2.34. The van der Waals surface area contributed by atoms with Gasteiger partial charge in [-0.05, 0) is 30.7 Å². The zero-order valence-electron chi connectivity index (χ0n) is 18.6. The average molecular weight is 485 g/mol. The van der Waals surface area contributed by atoms with E-state index in [9.17, 15) is 4.79 Å². The van der Waals surface area contributed by atoms with Crippen molar-refractivity contribution < 1.29 is 13.9 Å². The number of piperazine rings is 1. The van der Waals surface area contributed by atoms with Gasteiger partial charge in [-0.25, -0.2) is 9.97 Å². The molecule has 0 N–H and O–H groups in total.